The summed E-state index contributed by atoms with van der Waals surface area (Å²) in [7, 11) is 1.16. The maximum Gasteiger partial charge on any atom is 0.417 e. The molecule has 1 unspecified atom stereocenters. The molecule has 130 valence electrons. The van der Waals surface area contributed by atoms with Gasteiger partial charge >= 0.3 is 6.18 Å². The van der Waals surface area contributed by atoms with E-state index in [2.05, 4.69) is 4.98 Å². The van der Waals surface area contributed by atoms with Crippen LogP contribution in [0.4, 0.5) is 22.0 Å². The van der Waals surface area contributed by atoms with Gasteiger partial charge in [0.1, 0.15) is 5.69 Å². The molecule has 0 aliphatic carbocycles. The van der Waals surface area contributed by atoms with Crippen molar-refractivity contribution in [2.24, 2.45) is 5.92 Å². The van der Waals surface area contributed by atoms with Crippen LogP contribution in [0.3, 0.4) is 0 Å². The molecule has 0 saturated carbocycles. The number of pyridine rings is 1. The molecule has 0 spiro atoms. The summed E-state index contributed by atoms with van der Waals surface area (Å²) in [6.45, 7) is 2.11. The van der Waals surface area contributed by atoms with Gasteiger partial charge in [-0.05, 0) is 13.0 Å². The molecule has 1 fully saturated rings. The average Bonchev–Trinajstić information content (AvgIpc) is 2.68. The molecule has 23 heavy (non-hydrogen) atoms. The van der Waals surface area contributed by atoms with Crippen LogP contribution in [0.25, 0.3) is 0 Å². The molecule has 2 heterocycles. The highest BCUT2D eigenvalue weighted by Gasteiger charge is 2.64. The van der Waals surface area contributed by atoms with Gasteiger partial charge in [-0.15, -0.1) is 0 Å². The first-order valence-electron chi connectivity index (χ1n) is 6.78. The summed E-state index contributed by atoms with van der Waals surface area (Å²) in [4.78, 5) is 3.59. The Kier molecular flexibility index (Phi) is 4.55. The number of aliphatic hydroxyl groups is 1. The molecule has 1 aromatic heterocycles. The number of methoxy groups -OCH3 is 1. The van der Waals surface area contributed by atoms with E-state index in [0.717, 1.165) is 20.1 Å². The lowest BCUT2D eigenvalue weighted by molar-refractivity contribution is -0.291. The van der Waals surface area contributed by atoms with E-state index >= 15 is 0 Å². The Morgan fingerprint density at radius 3 is 2.39 bits per heavy atom. The minimum Gasteiger partial charge on any atom is -0.481 e. The van der Waals surface area contributed by atoms with Crippen LogP contribution in [0.1, 0.15) is 37.4 Å². The molecule has 1 N–H and O–H groups in total. The van der Waals surface area contributed by atoms with E-state index in [4.69, 9.17) is 9.47 Å². The number of halogens is 5. The van der Waals surface area contributed by atoms with Crippen molar-refractivity contribution < 1.29 is 36.5 Å². The van der Waals surface area contributed by atoms with Crippen molar-refractivity contribution in [1.29, 1.82) is 0 Å². The number of ether oxygens (including phenoxy) is 2. The van der Waals surface area contributed by atoms with Crippen LogP contribution in [0.15, 0.2) is 12.1 Å². The zero-order valence-corrected chi connectivity index (χ0v) is 12.6. The van der Waals surface area contributed by atoms with Crippen LogP contribution >= 0.6 is 0 Å². The third kappa shape index (κ3) is 2.87. The van der Waals surface area contributed by atoms with E-state index in [-0.39, 0.29) is 11.4 Å². The van der Waals surface area contributed by atoms with Crippen LogP contribution in [0.5, 0.6) is 5.88 Å². The average molecular weight is 341 g/mol. The minimum atomic E-state index is -4.70. The van der Waals surface area contributed by atoms with Gasteiger partial charge in [0.2, 0.25) is 5.88 Å². The van der Waals surface area contributed by atoms with E-state index in [1.165, 1.54) is 13.0 Å². The molecule has 1 saturated heterocycles. The van der Waals surface area contributed by atoms with Crippen LogP contribution in [0, 0.1) is 5.92 Å². The Bertz CT molecular complexity index is 580. The van der Waals surface area contributed by atoms with Gasteiger partial charge in [0.15, 0.2) is 11.9 Å². The third-order valence-electron chi connectivity index (χ3n) is 4.33. The smallest absolute Gasteiger partial charge is 0.417 e. The van der Waals surface area contributed by atoms with Crippen LogP contribution in [0.2, 0.25) is 0 Å². The van der Waals surface area contributed by atoms with E-state index in [9.17, 15) is 27.1 Å². The summed E-state index contributed by atoms with van der Waals surface area (Å²) in [5.74, 6) is -2.55. The van der Waals surface area contributed by atoms with Crippen LogP contribution in [-0.2, 0) is 4.74 Å². The van der Waals surface area contributed by atoms with Gasteiger partial charge < -0.3 is 14.6 Å². The normalized spacial score (nSPS) is 31.7. The number of aliphatic hydroxyl groups excluding tert-OH is 1. The Balaban J connectivity index is 2.46. The van der Waals surface area contributed by atoms with Crippen molar-refractivity contribution in [3.05, 3.63) is 23.4 Å². The summed E-state index contributed by atoms with van der Waals surface area (Å²) in [6.07, 6.45) is -9.31. The van der Waals surface area contributed by atoms with Gasteiger partial charge in [-0.1, -0.05) is 13.0 Å². The Morgan fingerprint density at radius 1 is 1.35 bits per heavy atom. The van der Waals surface area contributed by atoms with E-state index in [1.54, 1.807) is 0 Å². The van der Waals surface area contributed by atoms with Gasteiger partial charge in [-0.3, -0.25) is 0 Å². The monoisotopic (exact) mass is 341 g/mol. The standard InChI is InChI=1S/C14H16F5NO3/c1-6-9(12(21)23-13(6,2)14(17,18)19)7-4-5-8(10(15)16)20-11(7)22-3/h4-6,9-10,12,21H,1-3H3/t6-,9-,12?,13+/m0/s1. The van der Waals surface area contributed by atoms with Gasteiger partial charge in [0.05, 0.1) is 7.11 Å². The van der Waals surface area contributed by atoms with E-state index < -0.39 is 42.0 Å². The van der Waals surface area contributed by atoms with Crippen molar-refractivity contribution >= 4 is 0 Å². The second kappa shape index (κ2) is 5.86. The Labute approximate surface area is 129 Å². The van der Waals surface area contributed by atoms with Gasteiger partial charge in [0, 0.05) is 17.4 Å². The van der Waals surface area contributed by atoms with Gasteiger partial charge in [0.25, 0.3) is 6.43 Å². The predicted octanol–water partition coefficient (Wildman–Crippen LogP) is 3.42. The summed E-state index contributed by atoms with van der Waals surface area (Å²) >= 11 is 0. The first kappa shape index (κ1) is 17.9. The van der Waals surface area contributed by atoms with Crippen LogP contribution in [-0.4, -0.2) is 35.3 Å². The van der Waals surface area contributed by atoms with E-state index in [0.29, 0.717) is 0 Å². The highest BCUT2D eigenvalue weighted by atomic mass is 19.4. The maximum absolute atomic E-state index is 13.2. The summed E-state index contributed by atoms with van der Waals surface area (Å²) < 4.78 is 74.7. The number of hydrogen-bond donors (Lipinski definition) is 1. The second-order valence-electron chi connectivity index (χ2n) is 5.56. The van der Waals surface area contributed by atoms with Gasteiger partial charge in [-0.25, -0.2) is 13.8 Å². The molecule has 9 heteroatoms. The SMILES string of the molecule is COc1nc(C(F)F)ccc1[C@H]1C(O)O[C@@](C)(C(F)(F)F)[C@H]1C. The summed E-state index contributed by atoms with van der Waals surface area (Å²) in [6, 6.07) is 2.17. The molecule has 4 nitrogen and oxygen atoms in total. The number of alkyl halides is 5. The fourth-order valence-electron chi connectivity index (χ4n) is 2.77. The van der Waals surface area contributed by atoms with Gasteiger partial charge in [-0.2, -0.15) is 13.2 Å². The molecule has 1 aliphatic rings. The summed E-state index contributed by atoms with van der Waals surface area (Å²) in [5, 5.41) is 9.96. The number of nitrogens with zero attached hydrogens (tertiary/aromatic N) is 1. The quantitative estimate of drug-likeness (QED) is 0.856. The number of aromatic nitrogens is 1. The lowest BCUT2D eigenvalue weighted by Gasteiger charge is -2.31. The topological polar surface area (TPSA) is 51.6 Å². The highest BCUT2D eigenvalue weighted by Crippen LogP contribution is 2.53. The molecule has 0 radical (unpaired) electrons. The second-order valence-corrected chi connectivity index (χ2v) is 5.56. The zero-order chi connectivity index (χ0) is 17.6. The van der Waals surface area contributed by atoms with Crippen LogP contribution < -0.4 is 4.74 Å². The molecule has 1 aromatic rings. The van der Waals surface area contributed by atoms with Crippen molar-refractivity contribution in [3.63, 3.8) is 0 Å². The molecule has 0 bridgehead atoms. The number of hydrogen-bond acceptors (Lipinski definition) is 4. The van der Waals surface area contributed by atoms with Crippen molar-refractivity contribution in [1.82, 2.24) is 4.98 Å². The molecule has 1 aliphatic heterocycles. The lowest BCUT2D eigenvalue weighted by Crippen LogP contribution is -2.46. The molecule has 4 atom stereocenters. The van der Waals surface area contributed by atoms with Crippen molar-refractivity contribution in [2.75, 3.05) is 7.11 Å². The fourth-order valence-corrected chi connectivity index (χ4v) is 2.77. The third-order valence-corrected chi connectivity index (χ3v) is 4.33. The maximum atomic E-state index is 13.2. The fraction of sp³-hybridized carbons (Fsp3) is 0.643. The molecular weight excluding hydrogens is 325 g/mol. The largest absolute Gasteiger partial charge is 0.481 e. The molecular formula is C14H16F5NO3. The first-order valence-corrected chi connectivity index (χ1v) is 6.78. The van der Waals surface area contributed by atoms with Crippen molar-refractivity contribution in [3.8, 4) is 5.88 Å². The van der Waals surface area contributed by atoms with E-state index in [1.807, 2.05) is 0 Å². The summed E-state index contributed by atoms with van der Waals surface area (Å²) in [5.41, 5.74) is -3.04. The predicted molar refractivity (Wildman–Crippen MR) is 69.2 cm³/mol. The lowest BCUT2D eigenvalue weighted by atomic mass is 9.79. The first-order chi connectivity index (χ1) is 10.5. The highest BCUT2D eigenvalue weighted by molar-refractivity contribution is 5.35. The molecule has 0 amide bonds. The molecule has 2 rings (SSSR count). The Morgan fingerprint density at radius 2 is 1.96 bits per heavy atom. The molecule has 0 aromatic carbocycles. The minimum absolute atomic E-state index is 0.0878. The zero-order valence-electron chi connectivity index (χ0n) is 12.6. The number of rotatable bonds is 3. The Hall–Kier alpha value is -1.48. The van der Waals surface area contributed by atoms with Crippen molar-refractivity contribution in [2.45, 2.75) is 44.3 Å².